The molecule has 8 heteroatoms. The maximum atomic E-state index is 10.5. The average Bonchev–Trinajstić information content (AvgIpc) is 2.22. The third-order valence-electron chi connectivity index (χ3n) is 2.16. The quantitative estimate of drug-likeness (QED) is 0.691. The summed E-state index contributed by atoms with van der Waals surface area (Å²) in [7, 11) is 0. The number of hydrogen-bond donors (Lipinski definition) is 2. The lowest BCUT2D eigenvalue weighted by Crippen LogP contribution is -2.56. The third kappa shape index (κ3) is 1.98. The van der Waals surface area contributed by atoms with Crippen LogP contribution in [0.5, 0.6) is 0 Å². The van der Waals surface area contributed by atoms with Gasteiger partial charge in [0, 0.05) is 13.1 Å². The number of hydrogen-bond acceptors (Lipinski definition) is 6. The van der Waals surface area contributed by atoms with Gasteiger partial charge >= 0.3 is 6.09 Å². The van der Waals surface area contributed by atoms with Crippen LogP contribution in [0.1, 0.15) is 5.82 Å². The van der Waals surface area contributed by atoms with Crippen molar-refractivity contribution in [1.29, 1.82) is 5.26 Å². The summed E-state index contributed by atoms with van der Waals surface area (Å²) in [6.45, 7) is 0.784. The van der Waals surface area contributed by atoms with Gasteiger partial charge in [0.25, 0.3) is 0 Å². The molecule has 2 heterocycles. The van der Waals surface area contributed by atoms with Gasteiger partial charge in [0.05, 0.1) is 6.04 Å². The van der Waals surface area contributed by atoms with E-state index in [1.807, 2.05) is 0 Å². The average molecular weight is 220 g/mol. The first-order valence-corrected chi connectivity index (χ1v) is 4.52. The van der Waals surface area contributed by atoms with Crippen LogP contribution in [0.3, 0.4) is 0 Å². The first kappa shape index (κ1) is 10.1. The summed E-state index contributed by atoms with van der Waals surface area (Å²) in [4.78, 5) is 23.0. The predicted octanol–water partition coefficient (Wildman–Crippen LogP) is -0.483. The van der Waals surface area contributed by atoms with Gasteiger partial charge in [0.2, 0.25) is 11.8 Å². The molecule has 0 bridgehead atoms. The van der Waals surface area contributed by atoms with E-state index in [0.717, 1.165) is 0 Å². The molecule has 0 aliphatic carbocycles. The standard InChI is InChI=1S/C8H8N6O2/c9-1-6-10-4-11-7(13-6)12-5-2-14(3-5)8(15)16/h4-5H,2-3H2,(H,15,16)(H,10,11,12,13). The number of amides is 1. The molecular formula is C8H8N6O2. The zero-order valence-corrected chi connectivity index (χ0v) is 8.16. The predicted molar refractivity (Wildman–Crippen MR) is 51.6 cm³/mol. The minimum absolute atomic E-state index is 0.00922. The SMILES string of the molecule is N#Cc1ncnc(NC2CN(C(=O)O)C2)n1. The van der Waals surface area contributed by atoms with E-state index in [1.54, 1.807) is 6.07 Å². The maximum absolute atomic E-state index is 10.5. The van der Waals surface area contributed by atoms with Crippen molar-refractivity contribution in [2.75, 3.05) is 18.4 Å². The van der Waals surface area contributed by atoms with Crippen molar-refractivity contribution in [3.8, 4) is 6.07 Å². The molecule has 0 radical (unpaired) electrons. The Morgan fingerprint density at radius 1 is 1.62 bits per heavy atom. The van der Waals surface area contributed by atoms with E-state index in [1.165, 1.54) is 11.2 Å². The van der Waals surface area contributed by atoms with Crippen LogP contribution in [0.25, 0.3) is 0 Å². The van der Waals surface area contributed by atoms with Gasteiger partial charge in [0.1, 0.15) is 12.4 Å². The summed E-state index contributed by atoms with van der Waals surface area (Å²) < 4.78 is 0. The highest BCUT2D eigenvalue weighted by Gasteiger charge is 2.30. The summed E-state index contributed by atoms with van der Waals surface area (Å²) in [6, 6.07) is 1.79. The molecule has 0 atom stereocenters. The van der Waals surface area contributed by atoms with Crippen molar-refractivity contribution in [1.82, 2.24) is 19.9 Å². The van der Waals surface area contributed by atoms with Crippen molar-refractivity contribution in [2.45, 2.75) is 6.04 Å². The van der Waals surface area contributed by atoms with Gasteiger partial charge in [-0.25, -0.2) is 14.8 Å². The van der Waals surface area contributed by atoms with Crippen molar-refractivity contribution < 1.29 is 9.90 Å². The lowest BCUT2D eigenvalue weighted by molar-refractivity contribution is 0.111. The highest BCUT2D eigenvalue weighted by molar-refractivity contribution is 5.66. The van der Waals surface area contributed by atoms with E-state index < -0.39 is 6.09 Å². The lowest BCUT2D eigenvalue weighted by atomic mass is 10.1. The molecule has 1 fully saturated rings. The Bertz CT molecular complexity index is 450. The summed E-state index contributed by atoms with van der Waals surface area (Å²) in [6.07, 6.45) is 0.299. The third-order valence-corrected chi connectivity index (χ3v) is 2.16. The topological polar surface area (TPSA) is 115 Å². The number of aromatic nitrogens is 3. The summed E-state index contributed by atoms with van der Waals surface area (Å²) in [5.41, 5.74) is 0. The summed E-state index contributed by atoms with van der Waals surface area (Å²) in [5.74, 6) is 0.327. The smallest absolute Gasteiger partial charge is 0.407 e. The molecule has 1 aromatic rings. The minimum atomic E-state index is -0.939. The van der Waals surface area contributed by atoms with Crippen LogP contribution in [-0.4, -0.2) is 50.2 Å². The van der Waals surface area contributed by atoms with Gasteiger partial charge in [0.15, 0.2) is 0 Å². The second-order valence-electron chi connectivity index (χ2n) is 3.27. The number of nitriles is 1. The molecule has 0 aromatic carbocycles. The highest BCUT2D eigenvalue weighted by Crippen LogP contribution is 2.11. The Hall–Kier alpha value is -2.43. The number of nitrogens with one attached hydrogen (secondary N) is 1. The molecule has 0 unspecified atom stereocenters. The van der Waals surface area contributed by atoms with Crippen molar-refractivity contribution in [3.05, 3.63) is 12.2 Å². The Morgan fingerprint density at radius 2 is 2.38 bits per heavy atom. The van der Waals surface area contributed by atoms with Crippen LogP contribution in [0.4, 0.5) is 10.7 Å². The van der Waals surface area contributed by atoms with Crippen molar-refractivity contribution in [2.24, 2.45) is 0 Å². The van der Waals surface area contributed by atoms with E-state index in [9.17, 15) is 4.79 Å². The van der Waals surface area contributed by atoms with E-state index in [-0.39, 0.29) is 11.9 Å². The van der Waals surface area contributed by atoms with E-state index in [0.29, 0.717) is 19.0 Å². The second kappa shape index (κ2) is 3.98. The Morgan fingerprint density at radius 3 is 3.00 bits per heavy atom. The van der Waals surface area contributed by atoms with Gasteiger partial charge in [-0.15, -0.1) is 0 Å². The van der Waals surface area contributed by atoms with Crippen LogP contribution in [0.15, 0.2) is 6.33 Å². The Balaban J connectivity index is 1.92. The minimum Gasteiger partial charge on any atom is -0.465 e. The summed E-state index contributed by atoms with van der Waals surface area (Å²) >= 11 is 0. The van der Waals surface area contributed by atoms with E-state index in [4.69, 9.17) is 10.4 Å². The molecule has 1 amide bonds. The number of nitrogens with zero attached hydrogens (tertiary/aromatic N) is 5. The van der Waals surface area contributed by atoms with E-state index >= 15 is 0 Å². The van der Waals surface area contributed by atoms with E-state index in [2.05, 4.69) is 20.3 Å². The molecule has 0 spiro atoms. The first-order valence-electron chi connectivity index (χ1n) is 4.52. The van der Waals surface area contributed by atoms with Gasteiger partial charge in [-0.3, -0.25) is 0 Å². The molecule has 2 rings (SSSR count). The van der Waals surface area contributed by atoms with Crippen LogP contribution < -0.4 is 5.32 Å². The largest absolute Gasteiger partial charge is 0.465 e. The normalized spacial score (nSPS) is 15.1. The molecule has 1 aromatic heterocycles. The molecule has 2 N–H and O–H groups in total. The monoisotopic (exact) mass is 220 g/mol. The van der Waals surface area contributed by atoms with Crippen LogP contribution in [0.2, 0.25) is 0 Å². The molecular weight excluding hydrogens is 212 g/mol. The Kier molecular flexibility index (Phi) is 2.51. The first-order chi connectivity index (χ1) is 7.69. The summed E-state index contributed by atoms with van der Waals surface area (Å²) in [5, 5.41) is 20.1. The molecule has 0 saturated carbocycles. The van der Waals surface area contributed by atoms with Crippen LogP contribution in [-0.2, 0) is 0 Å². The highest BCUT2D eigenvalue weighted by atomic mass is 16.4. The molecule has 1 saturated heterocycles. The number of carboxylic acid groups (broad SMARTS) is 1. The number of likely N-dealkylation sites (tertiary alicyclic amines) is 1. The molecule has 82 valence electrons. The fourth-order valence-corrected chi connectivity index (χ4v) is 1.33. The second-order valence-corrected chi connectivity index (χ2v) is 3.27. The number of rotatable bonds is 2. The number of carbonyl (C=O) groups is 1. The Labute approximate surface area is 90.6 Å². The molecule has 16 heavy (non-hydrogen) atoms. The zero-order chi connectivity index (χ0) is 11.5. The fourth-order valence-electron chi connectivity index (χ4n) is 1.33. The molecule has 1 aliphatic rings. The van der Waals surface area contributed by atoms with Gasteiger partial charge in [-0.05, 0) is 0 Å². The van der Waals surface area contributed by atoms with Crippen LogP contribution >= 0.6 is 0 Å². The fraction of sp³-hybridized carbons (Fsp3) is 0.375. The van der Waals surface area contributed by atoms with Crippen molar-refractivity contribution in [3.63, 3.8) is 0 Å². The van der Waals surface area contributed by atoms with Crippen LogP contribution in [0, 0.1) is 11.3 Å². The van der Waals surface area contributed by atoms with Crippen molar-refractivity contribution >= 4 is 12.0 Å². The number of anilines is 1. The molecule has 8 nitrogen and oxygen atoms in total. The van der Waals surface area contributed by atoms with Gasteiger partial charge in [-0.1, -0.05) is 0 Å². The van der Waals surface area contributed by atoms with Gasteiger partial charge in [-0.2, -0.15) is 10.2 Å². The maximum Gasteiger partial charge on any atom is 0.407 e. The zero-order valence-electron chi connectivity index (χ0n) is 8.16. The van der Waals surface area contributed by atoms with Gasteiger partial charge < -0.3 is 15.3 Å². The lowest BCUT2D eigenvalue weighted by Gasteiger charge is -2.37. The molecule has 1 aliphatic heterocycles.